The molecule has 2 rings (SSSR count). The van der Waals surface area contributed by atoms with Crippen molar-refractivity contribution in [2.24, 2.45) is 5.92 Å². The third-order valence-corrected chi connectivity index (χ3v) is 3.51. The number of carbonyl (C=O) groups is 1. The van der Waals surface area contributed by atoms with Gasteiger partial charge < -0.3 is 10.6 Å². The number of amides is 1. The minimum atomic E-state index is -0.112. The van der Waals surface area contributed by atoms with E-state index in [4.69, 9.17) is 0 Å². The molecule has 1 amide bonds. The molecule has 4 heteroatoms. The van der Waals surface area contributed by atoms with Gasteiger partial charge in [0.05, 0.1) is 6.04 Å². The first-order valence-corrected chi connectivity index (χ1v) is 7.27. The summed E-state index contributed by atoms with van der Waals surface area (Å²) in [6, 6.07) is 20.0. The van der Waals surface area contributed by atoms with Crippen LogP contribution in [0.2, 0.25) is 0 Å². The Kier molecular flexibility index (Phi) is 7.64. The van der Waals surface area contributed by atoms with Crippen LogP contribution in [0.5, 0.6) is 0 Å². The zero-order chi connectivity index (χ0) is 15.1. The van der Waals surface area contributed by atoms with Gasteiger partial charge in [0.2, 0.25) is 5.91 Å². The van der Waals surface area contributed by atoms with Gasteiger partial charge in [0.1, 0.15) is 0 Å². The summed E-state index contributed by atoms with van der Waals surface area (Å²) in [7, 11) is 1.86. The van der Waals surface area contributed by atoms with E-state index in [1.807, 2.05) is 74.6 Å². The lowest BCUT2D eigenvalue weighted by molar-refractivity contribution is -0.124. The first-order chi connectivity index (χ1) is 10.2. The van der Waals surface area contributed by atoms with Crippen molar-refractivity contribution >= 4 is 18.3 Å². The van der Waals surface area contributed by atoms with E-state index < -0.39 is 0 Å². The van der Waals surface area contributed by atoms with Gasteiger partial charge in [0.25, 0.3) is 0 Å². The van der Waals surface area contributed by atoms with Crippen molar-refractivity contribution in [2.75, 3.05) is 13.6 Å². The summed E-state index contributed by atoms with van der Waals surface area (Å²) in [5.41, 5.74) is 2.18. The van der Waals surface area contributed by atoms with E-state index in [0.29, 0.717) is 6.54 Å². The lowest BCUT2D eigenvalue weighted by atomic mass is 9.98. The molecule has 0 spiro atoms. The standard InChI is InChI=1S/C18H22N2O.ClH/c1-14(13-19-2)18(21)20-17(15-9-5-3-6-10-15)16-11-7-4-8-12-16;/h3-12,14,17,19H,13H2,1-2H3,(H,20,21);1H. The normalized spacial score (nSPS) is 11.6. The molecule has 1 unspecified atom stereocenters. The fourth-order valence-electron chi connectivity index (χ4n) is 2.33. The molecule has 0 aliphatic rings. The highest BCUT2D eigenvalue weighted by Gasteiger charge is 2.19. The Morgan fingerprint density at radius 1 is 0.955 bits per heavy atom. The van der Waals surface area contributed by atoms with E-state index in [1.165, 1.54) is 0 Å². The molecule has 2 N–H and O–H groups in total. The van der Waals surface area contributed by atoms with Gasteiger partial charge in [-0.3, -0.25) is 4.79 Å². The van der Waals surface area contributed by atoms with Crippen molar-refractivity contribution in [3.63, 3.8) is 0 Å². The van der Waals surface area contributed by atoms with Gasteiger partial charge >= 0.3 is 0 Å². The van der Waals surface area contributed by atoms with E-state index in [-0.39, 0.29) is 30.3 Å². The summed E-state index contributed by atoms with van der Waals surface area (Å²) < 4.78 is 0. The summed E-state index contributed by atoms with van der Waals surface area (Å²) in [5, 5.41) is 6.20. The van der Waals surface area contributed by atoms with Crippen molar-refractivity contribution in [3.05, 3.63) is 71.8 Å². The Morgan fingerprint density at radius 3 is 1.82 bits per heavy atom. The zero-order valence-corrected chi connectivity index (χ0v) is 13.8. The van der Waals surface area contributed by atoms with Gasteiger partial charge in [-0.2, -0.15) is 0 Å². The summed E-state index contributed by atoms with van der Waals surface area (Å²) >= 11 is 0. The molecule has 2 aromatic carbocycles. The van der Waals surface area contributed by atoms with Gasteiger partial charge in [-0.05, 0) is 18.2 Å². The van der Waals surface area contributed by atoms with Crippen molar-refractivity contribution in [1.82, 2.24) is 10.6 Å². The van der Waals surface area contributed by atoms with Crippen LogP contribution in [0.3, 0.4) is 0 Å². The molecule has 0 aliphatic heterocycles. The van der Waals surface area contributed by atoms with Crippen LogP contribution in [0.25, 0.3) is 0 Å². The van der Waals surface area contributed by atoms with E-state index in [1.54, 1.807) is 0 Å². The van der Waals surface area contributed by atoms with E-state index in [2.05, 4.69) is 10.6 Å². The van der Waals surface area contributed by atoms with Crippen LogP contribution < -0.4 is 10.6 Å². The molecular weight excluding hydrogens is 296 g/mol. The molecule has 0 aromatic heterocycles. The molecule has 22 heavy (non-hydrogen) atoms. The Hall–Kier alpha value is -1.84. The second-order valence-corrected chi connectivity index (χ2v) is 5.22. The highest BCUT2D eigenvalue weighted by Crippen LogP contribution is 2.22. The quantitative estimate of drug-likeness (QED) is 0.859. The Bertz CT molecular complexity index is 520. The molecule has 0 bridgehead atoms. The third kappa shape index (κ3) is 4.86. The van der Waals surface area contributed by atoms with Crippen LogP contribution in [-0.2, 0) is 4.79 Å². The number of benzene rings is 2. The maximum Gasteiger partial charge on any atom is 0.224 e. The first kappa shape index (κ1) is 18.2. The van der Waals surface area contributed by atoms with E-state index >= 15 is 0 Å². The van der Waals surface area contributed by atoms with Gasteiger partial charge in [-0.15, -0.1) is 12.4 Å². The smallest absolute Gasteiger partial charge is 0.224 e. The van der Waals surface area contributed by atoms with Gasteiger partial charge in [0, 0.05) is 12.5 Å². The maximum absolute atomic E-state index is 12.3. The molecule has 0 radical (unpaired) electrons. The van der Waals surface area contributed by atoms with Crippen LogP contribution >= 0.6 is 12.4 Å². The minimum Gasteiger partial charge on any atom is -0.345 e. The lowest BCUT2D eigenvalue weighted by Crippen LogP contribution is -2.37. The van der Waals surface area contributed by atoms with E-state index in [0.717, 1.165) is 11.1 Å². The fourth-order valence-corrected chi connectivity index (χ4v) is 2.33. The SMILES string of the molecule is CNCC(C)C(=O)NC(c1ccccc1)c1ccccc1.Cl. The molecule has 3 nitrogen and oxygen atoms in total. The highest BCUT2D eigenvalue weighted by atomic mass is 35.5. The molecule has 1 atom stereocenters. The zero-order valence-electron chi connectivity index (χ0n) is 13.0. The third-order valence-electron chi connectivity index (χ3n) is 3.51. The van der Waals surface area contributed by atoms with E-state index in [9.17, 15) is 4.79 Å². The van der Waals surface area contributed by atoms with Crippen molar-refractivity contribution < 1.29 is 4.79 Å². The number of hydrogen-bond acceptors (Lipinski definition) is 2. The predicted molar refractivity (Wildman–Crippen MR) is 93.2 cm³/mol. The Balaban J connectivity index is 0.00000242. The summed E-state index contributed by atoms with van der Waals surface area (Å²) in [6.07, 6.45) is 0. The van der Waals surface area contributed by atoms with Crippen molar-refractivity contribution in [3.8, 4) is 0 Å². The largest absolute Gasteiger partial charge is 0.345 e. The first-order valence-electron chi connectivity index (χ1n) is 7.27. The molecule has 118 valence electrons. The van der Waals surface area contributed by atoms with Crippen LogP contribution in [0.15, 0.2) is 60.7 Å². The topological polar surface area (TPSA) is 41.1 Å². The van der Waals surface area contributed by atoms with Gasteiger partial charge in [-0.25, -0.2) is 0 Å². The number of nitrogens with one attached hydrogen (secondary N) is 2. The summed E-state index contributed by atoms with van der Waals surface area (Å²) in [4.78, 5) is 12.3. The Morgan fingerprint density at radius 2 is 1.41 bits per heavy atom. The number of carbonyl (C=O) groups excluding carboxylic acids is 1. The molecule has 2 aromatic rings. The summed E-state index contributed by atoms with van der Waals surface area (Å²) in [6.45, 7) is 2.60. The van der Waals surface area contributed by atoms with Crippen LogP contribution in [0, 0.1) is 5.92 Å². The molecule has 0 aliphatic carbocycles. The van der Waals surface area contributed by atoms with Crippen molar-refractivity contribution in [2.45, 2.75) is 13.0 Å². The number of halogens is 1. The van der Waals surface area contributed by atoms with Crippen LogP contribution in [0.1, 0.15) is 24.1 Å². The second-order valence-electron chi connectivity index (χ2n) is 5.22. The second kappa shape index (κ2) is 9.23. The summed E-state index contributed by atoms with van der Waals surface area (Å²) in [5.74, 6) is -0.00743. The molecule has 0 saturated heterocycles. The highest BCUT2D eigenvalue weighted by molar-refractivity contribution is 5.85. The van der Waals surface area contributed by atoms with Gasteiger partial charge in [-0.1, -0.05) is 67.6 Å². The van der Waals surface area contributed by atoms with Crippen molar-refractivity contribution in [1.29, 1.82) is 0 Å². The Labute approximate surface area is 138 Å². The maximum atomic E-state index is 12.3. The molecule has 0 fully saturated rings. The predicted octanol–water partition coefficient (Wildman–Crippen LogP) is 3.17. The molecular formula is C18H23ClN2O. The number of rotatable bonds is 6. The van der Waals surface area contributed by atoms with Gasteiger partial charge in [0.15, 0.2) is 0 Å². The monoisotopic (exact) mass is 318 g/mol. The molecule has 0 saturated carbocycles. The van der Waals surface area contributed by atoms with Crippen LogP contribution in [0.4, 0.5) is 0 Å². The minimum absolute atomic E-state index is 0. The number of hydrogen-bond donors (Lipinski definition) is 2. The lowest BCUT2D eigenvalue weighted by Gasteiger charge is -2.22. The van der Waals surface area contributed by atoms with Crippen LogP contribution in [-0.4, -0.2) is 19.5 Å². The average Bonchev–Trinajstić information content (AvgIpc) is 2.54. The molecule has 0 heterocycles. The average molecular weight is 319 g/mol. The fraction of sp³-hybridized carbons (Fsp3) is 0.278.